The van der Waals surface area contributed by atoms with Crippen molar-refractivity contribution in [3.63, 3.8) is 0 Å². The minimum Gasteiger partial charge on any atom is -0.319 e. The van der Waals surface area contributed by atoms with E-state index in [9.17, 15) is 0 Å². The molecule has 0 aromatic carbocycles. The van der Waals surface area contributed by atoms with Crippen LogP contribution in [-0.4, -0.2) is 13.6 Å². The molecule has 0 bridgehead atoms. The van der Waals surface area contributed by atoms with Crippen LogP contribution in [0.5, 0.6) is 0 Å². The second kappa shape index (κ2) is 6.20. The Hall–Kier alpha value is -0.300. The number of hydrogen-bond donors (Lipinski definition) is 1. The first-order valence-corrected chi connectivity index (χ1v) is 5.64. The van der Waals surface area contributed by atoms with Gasteiger partial charge >= 0.3 is 0 Å². The molecule has 1 aliphatic rings. The third-order valence-corrected chi connectivity index (χ3v) is 3.25. The summed E-state index contributed by atoms with van der Waals surface area (Å²) in [6.07, 6.45) is 10.5. The molecular formula is C12H23N. The summed E-state index contributed by atoms with van der Waals surface area (Å²) in [6.45, 7) is 5.01. The quantitative estimate of drug-likeness (QED) is 0.643. The van der Waals surface area contributed by atoms with Crippen LogP contribution in [0.1, 0.15) is 38.5 Å². The van der Waals surface area contributed by atoms with Gasteiger partial charge in [-0.3, -0.25) is 0 Å². The predicted octanol–water partition coefficient (Wildman–Crippen LogP) is 2.98. The smallest absolute Gasteiger partial charge is 0.00179 e. The van der Waals surface area contributed by atoms with E-state index in [1.807, 2.05) is 0 Å². The minimum absolute atomic E-state index is 0.836. The van der Waals surface area contributed by atoms with Crippen LogP contribution in [0.3, 0.4) is 0 Å². The maximum atomic E-state index is 3.85. The van der Waals surface area contributed by atoms with E-state index in [2.05, 4.69) is 25.0 Å². The van der Waals surface area contributed by atoms with Crippen molar-refractivity contribution >= 4 is 0 Å². The van der Waals surface area contributed by atoms with Crippen LogP contribution in [0.15, 0.2) is 12.7 Å². The summed E-state index contributed by atoms with van der Waals surface area (Å²) >= 11 is 0. The average Bonchev–Trinajstić information content (AvgIpc) is 2.19. The van der Waals surface area contributed by atoms with E-state index in [1.54, 1.807) is 0 Å². The summed E-state index contributed by atoms with van der Waals surface area (Å²) < 4.78 is 0. The molecule has 0 aromatic heterocycles. The summed E-state index contributed by atoms with van der Waals surface area (Å²) in [5.41, 5.74) is 0. The molecule has 1 nitrogen and oxygen atoms in total. The molecular weight excluding hydrogens is 158 g/mol. The lowest BCUT2D eigenvalue weighted by Gasteiger charge is -2.29. The van der Waals surface area contributed by atoms with E-state index in [-0.39, 0.29) is 0 Å². The van der Waals surface area contributed by atoms with E-state index in [4.69, 9.17) is 0 Å². The van der Waals surface area contributed by atoms with Crippen molar-refractivity contribution in [1.29, 1.82) is 0 Å². The highest BCUT2D eigenvalue weighted by molar-refractivity contribution is 4.81. The maximum absolute atomic E-state index is 3.85. The number of nitrogens with one attached hydrogen (secondary N) is 1. The molecule has 1 atom stereocenters. The largest absolute Gasteiger partial charge is 0.319 e. The Labute approximate surface area is 82.6 Å². The van der Waals surface area contributed by atoms with Crippen molar-refractivity contribution in [3.8, 4) is 0 Å². The fourth-order valence-electron chi connectivity index (χ4n) is 2.52. The van der Waals surface area contributed by atoms with Gasteiger partial charge in [-0.2, -0.15) is 0 Å². The van der Waals surface area contributed by atoms with Crippen LogP contribution in [-0.2, 0) is 0 Å². The van der Waals surface area contributed by atoms with Crippen molar-refractivity contribution in [2.45, 2.75) is 38.5 Å². The Balaban J connectivity index is 2.36. The Kier molecular flexibility index (Phi) is 5.14. The van der Waals surface area contributed by atoms with E-state index in [1.165, 1.54) is 38.5 Å². The highest BCUT2D eigenvalue weighted by Gasteiger charge is 2.21. The Morgan fingerprint density at radius 3 is 2.62 bits per heavy atom. The van der Waals surface area contributed by atoms with E-state index < -0.39 is 0 Å². The maximum Gasteiger partial charge on any atom is -0.00179 e. The molecule has 0 amide bonds. The molecule has 0 radical (unpaired) electrons. The van der Waals surface area contributed by atoms with Gasteiger partial charge in [0.15, 0.2) is 0 Å². The van der Waals surface area contributed by atoms with Crippen LogP contribution in [0, 0.1) is 11.8 Å². The van der Waals surface area contributed by atoms with Crippen LogP contribution in [0.25, 0.3) is 0 Å². The summed E-state index contributed by atoms with van der Waals surface area (Å²) in [7, 11) is 2.05. The monoisotopic (exact) mass is 181 g/mol. The lowest BCUT2D eigenvalue weighted by atomic mass is 9.78. The van der Waals surface area contributed by atoms with E-state index in [0.29, 0.717) is 0 Å². The van der Waals surface area contributed by atoms with Crippen molar-refractivity contribution < 1.29 is 0 Å². The van der Waals surface area contributed by atoms with Crippen LogP contribution >= 0.6 is 0 Å². The van der Waals surface area contributed by atoms with Gasteiger partial charge in [0.2, 0.25) is 0 Å². The minimum atomic E-state index is 0.836. The van der Waals surface area contributed by atoms with Gasteiger partial charge < -0.3 is 5.32 Å². The zero-order chi connectivity index (χ0) is 9.52. The highest BCUT2D eigenvalue weighted by atomic mass is 14.8. The summed E-state index contributed by atoms with van der Waals surface area (Å²) in [4.78, 5) is 0. The normalized spacial score (nSPS) is 21.3. The molecule has 0 unspecified atom stereocenters. The zero-order valence-electron chi connectivity index (χ0n) is 8.89. The molecule has 1 rings (SSSR count). The first kappa shape index (κ1) is 10.8. The number of allylic oxidation sites excluding steroid dienone is 1. The van der Waals surface area contributed by atoms with Crippen LogP contribution in [0.2, 0.25) is 0 Å². The van der Waals surface area contributed by atoms with Crippen molar-refractivity contribution in [2.24, 2.45) is 11.8 Å². The Morgan fingerprint density at radius 1 is 1.38 bits per heavy atom. The summed E-state index contributed by atoms with van der Waals surface area (Å²) in [5.74, 6) is 1.79. The van der Waals surface area contributed by atoms with Gasteiger partial charge in [0.05, 0.1) is 0 Å². The van der Waals surface area contributed by atoms with Gasteiger partial charge in [-0.1, -0.05) is 38.2 Å². The lowest BCUT2D eigenvalue weighted by Crippen LogP contribution is -2.27. The third-order valence-electron chi connectivity index (χ3n) is 3.25. The number of hydrogen-bond acceptors (Lipinski definition) is 1. The molecule has 1 fully saturated rings. The topological polar surface area (TPSA) is 12.0 Å². The molecule has 0 aromatic rings. The Bertz CT molecular complexity index is 136. The van der Waals surface area contributed by atoms with E-state index >= 15 is 0 Å². The standard InChI is InChI=1S/C12H23N/c1-3-7-12(10-13-2)11-8-5-4-6-9-11/h3,11-13H,1,4-10H2,2H3/t12-/m1/s1. The summed E-state index contributed by atoms with van der Waals surface area (Å²) in [6, 6.07) is 0. The number of rotatable bonds is 5. The van der Waals surface area contributed by atoms with E-state index in [0.717, 1.165) is 18.4 Å². The fourth-order valence-corrected chi connectivity index (χ4v) is 2.52. The van der Waals surface area contributed by atoms with Crippen molar-refractivity contribution in [3.05, 3.63) is 12.7 Å². The Morgan fingerprint density at radius 2 is 2.08 bits per heavy atom. The molecule has 1 aliphatic carbocycles. The summed E-state index contributed by atoms with van der Waals surface area (Å²) in [5, 5.41) is 3.30. The fraction of sp³-hybridized carbons (Fsp3) is 0.833. The first-order valence-electron chi connectivity index (χ1n) is 5.64. The molecule has 13 heavy (non-hydrogen) atoms. The van der Waals surface area contributed by atoms with Crippen LogP contribution < -0.4 is 5.32 Å². The molecule has 0 aliphatic heterocycles. The van der Waals surface area contributed by atoms with Gasteiger partial charge in [-0.25, -0.2) is 0 Å². The highest BCUT2D eigenvalue weighted by Crippen LogP contribution is 2.31. The molecule has 1 heteroatoms. The molecule has 76 valence electrons. The van der Waals surface area contributed by atoms with Crippen molar-refractivity contribution in [2.75, 3.05) is 13.6 Å². The molecule has 0 saturated heterocycles. The molecule has 0 spiro atoms. The van der Waals surface area contributed by atoms with Gasteiger partial charge in [-0.15, -0.1) is 6.58 Å². The van der Waals surface area contributed by atoms with Gasteiger partial charge in [0, 0.05) is 0 Å². The lowest BCUT2D eigenvalue weighted by molar-refractivity contribution is 0.245. The van der Waals surface area contributed by atoms with Crippen LogP contribution in [0.4, 0.5) is 0 Å². The second-order valence-corrected chi connectivity index (χ2v) is 4.24. The van der Waals surface area contributed by atoms with Gasteiger partial charge in [0.25, 0.3) is 0 Å². The second-order valence-electron chi connectivity index (χ2n) is 4.24. The third kappa shape index (κ3) is 3.51. The molecule has 0 heterocycles. The van der Waals surface area contributed by atoms with Gasteiger partial charge in [0.1, 0.15) is 0 Å². The zero-order valence-corrected chi connectivity index (χ0v) is 8.89. The van der Waals surface area contributed by atoms with Crippen molar-refractivity contribution in [1.82, 2.24) is 5.32 Å². The molecule has 1 N–H and O–H groups in total. The van der Waals surface area contributed by atoms with Gasteiger partial charge in [-0.05, 0) is 31.8 Å². The SMILES string of the molecule is C=CC[C@H](CNC)C1CCCCC1. The molecule has 1 saturated carbocycles. The first-order chi connectivity index (χ1) is 6.38. The predicted molar refractivity (Wildman–Crippen MR) is 58.8 cm³/mol. The average molecular weight is 181 g/mol.